The maximum atomic E-state index is 12.9. The smallest absolute Gasteiger partial charge is 0.322 e. The summed E-state index contributed by atoms with van der Waals surface area (Å²) in [6, 6.07) is 21.2. The number of hydrogen-bond donors (Lipinski definition) is 1. The fourth-order valence-electron chi connectivity index (χ4n) is 8.43. The van der Waals surface area contributed by atoms with Gasteiger partial charge in [-0.05, 0) is 143 Å². The van der Waals surface area contributed by atoms with Crippen molar-refractivity contribution in [1.82, 2.24) is 33.1 Å². The SMILES string of the molecule is C=CCC=C.Cc1ccc(C(C)(C)N)cc1-c1ccc2c(n1)n(C)c(=O)n2CC(C)(C)C.Cc1ccc(C(C)(C)N2CCCCC2)cc1-c1ccc2c(n1)n(C)c(=O)n2CC(C)(C)C. The lowest BCUT2D eigenvalue weighted by Crippen LogP contribution is -2.44. The largest absolute Gasteiger partial charge is 0.330 e. The molecule has 1 aliphatic heterocycles. The number of fused-ring (bicyclic) bond motifs is 2. The molecule has 5 heterocycles. The molecule has 6 aromatic rings. The van der Waals surface area contributed by atoms with Crippen molar-refractivity contribution in [2.24, 2.45) is 30.7 Å². The molecule has 0 unspecified atom stereocenters. The minimum atomic E-state index is -0.421. The summed E-state index contributed by atoms with van der Waals surface area (Å²) in [5.41, 5.74) is 17.7. The Hall–Kier alpha value is -5.32. The summed E-state index contributed by atoms with van der Waals surface area (Å²) >= 11 is 0. The van der Waals surface area contributed by atoms with Gasteiger partial charge in [0.15, 0.2) is 11.3 Å². The number of nitrogens with two attached hydrogens (primary N) is 1. The third kappa shape index (κ3) is 11.3. The molecule has 0 saturated carbocycles. The Kier molecular flexibility index (Phi) is 15.1. The number of nitrogens with zero attached hydrogens (tertiary/aromatic N) is 7. The van der Waals surface area contributed by atoms with Gasteiger partial charge in [-0.1, -0.05) is 84.4 Å². The number of rotatable bonds is 9. The van der Waals surface area contributed by atoms with Crippen LogP contribution in [0.2, 0.25) is 0 Å². The third-order valence-electron chi connectivity index (χ3n) is 12.2. The Labute approximate surface area is 382 Å². The van der Waals surface area contributed by atoms with Crippen LogP contribution >= 0.6 is 0 Å². The molecule has 0 atom stereocenters. The highest BCUT2D eigenvalue weighted by Gasteiger charge is 2.30. The van der Waals surface area contributed by atoms with Crippen molar-refractivity contribution in [3.05, 3.63) is 129 Å². The Morgan fingerprint density at radius 3 is 1.39 bits per heavy atom. The minimum Gasteiger partial charge on any atom is -0.322 e. The summed E-state index contributed by atoms with van der Waals surface area (Å²) in [7, 11) is 3.61. The molecule has 64 heavy (non-hydrogen) atoms. The van der Waals surface area contributed by atoms with Crippen LogP contribution in [0.1, 0.15) is 117 Å². The summed E-state index contributed by atoms with van der Waals surface area (Å²) in [4.78, 5) is 38.1. The molecule has 1 saturated heterocycles. The van der Waals surface area contributed by atoms with E-state index < -0.39 is 5.54 Å². The first-order chi connectivity index (χ1) is 29.8. The molecule has 0 amide bonds. The van der Waals surface area contributed by atoms with Crippen molar-refractivity contribution >= 4 is 22.3 Å². The van der Waals surface area contributed by atoms with Gasteiger partial charge in [-0.15, -0.1) is 13.2 Å². The van der Waals surface area contributed by atoms with E-state index in [1.165, 1.54) is 30.4 Å². The molecule has 1 fully saturated rings. The first kappa shape index (κ1) is 49.7. The van der Waals surface area contributed by atoms with E-state index in [0.29, 0.717) is 18.7 Å². The summed E-state index contributed by atoms with van der Waals surface area (Å²) in [6.07, 6.45) is 8.43. The molecule has 4 aromatic heterocycles. The van der Waals surface area contributed by atoms with Gasteiger partial charge in [0.1, 0.15) is 0 Å². The highest BCUT2D eigenvalue weighted by Crippen LogP contribution is 2.35. The van der Waals surface area contributed by atoms with E-state index in [2.05, 4.69) is 136 Å². The molecule has 7 rings (SSSR count). The average molecular weight is 869 g/mol. The first-order valence-corrected chi connectivity index (χ1v) is 22.9. The Morgan fingerprint density at radius 1 is 0.609 bits per heavy atom. The van der Waals surface area contributed by atoms with E-state index in [9.17, 15) is 9.59 Å². The molecule has 2 N–H and O–H groups in total. The van der Waals surface area contributed by atoms with Gasteiger partial charge < -0.3 is 5.73 Å². The zero-order valence-corrected chi connectivity index (χ0v) is 41.5. The number of benzene rings is 2. The van der Waals surface area contributed by atoms with Crippen molar-refractivity contribution in [2.45, 2.75) is 133 Å². The average Bonchev–Trinajstić information content (AvgIpc) is 3.59. The van der Waals surface area contributed by atoms with Crippen LogP contribution in [0.4, 0.5) is 0 Å². The van der Waals surface area contributed by atoms with Gasteiger partial charge in [-0.3, -0.25) is 23.2 Å². The quantitative estimate of drug-likeness (QED) is 0.145. The van der Waals surface area contributed by atoms with Crippen LogP contribution in [0.25, 0.3) is 44.8 Å². The van der Waals surface area contributed by atoms with Crippen molar-refractivity contribution in [2.75, 3.05) is 13.1 Å². The first-order valence-electron chi connectivity index (χ1n) is 22.9. The summed E-state index contributed by atoms with van der Waals surface area (Å²) in [6.45, 7) is 36.3. The Balaban J connectivity index is 0.000000220. The van der Waals surface area contributed by atoms with Crippen LogP contribution in [-0.2, 0) is 38.3 Å². The van der Waals surface area contributed by atoms with E-state index >= 15 is 0 Å². The van der Waals surface area contributed by atoms with Gasteiger partial charge in [0, 0.05) is 49.4 Å². The lowest BCUT2D eigenvalue weighted by atomic mass is 9.87. The van der Waals surface area contributed by atoms with Crippen LogP contribution in [0.5, 0.6) is 0 Å². The van der Waals surface area contributed by atoms with Crippen LogP contribution in [-0.4, -0.2) is 46.2 Å². The minimum absolute atomic E-state index is 0.00344. The second-order valence-electron chi connectivity index (χ2n) is 21.3. The molecular weight excluding hydrogens is 793 g/mol. The number of allylic oxidation sites excluding steroid dienone is 2. The monoisotopic (exact) mass is 869 g/mol. The lowest BCUT2D eigenvalue weighted by molar-refractivity contribution is 0.0944. The van der Waals surface area contributed by atoms with E-state index in [-0.39, 0.29) is 27.7 Å². The maximum Gasteiger partial charge on any atom is 0.330 e. The van der Waals surface area contributed by atoms with Gasteiger partial charge >= 0.3 is 11.4 Å². The Bertz CT molecular complexity index is 2730. The van der Waals surface area contributed by atoms with Crippen molar-refractivity contribution < 1.29 is 0 Å². The molecular formula is C54H76N8O2. The molecule has 2 aromatic carbocycles. The third-order valence-corrected chi connectivity index (χ3v) is 12.2. The van der Waals surface area contributed by atoms with E-state index in [0.717, 1.165) is 69.8 Å². The summed E-state index contributed by atoms with van der Waals surface area (Å²) in [5, 5.41) is 0. The molecule has 10 nitrogen and oxygen atoms in total. The standard InChI is InChI=1S/C27H38N4O.C22H30N4O.C5H8/c1-19-11-12-20(27(5,6)30-15-9-8-10-16-30)17-21(19)22-13-14-23-24(28-22)29(7)25(32)31(23)18-26(2,3)4;1-14-8-9-15(22(5,6)23)12-16(14)17-10-11-18-19(24-17)25(7)20(27)26(18)13-21(2,3)4;1-3-5-4-2/h11-14,17H,8-10,15-16,18H2,1-7H3;8-12H,13,23H2,1-7H3;3-4H,1-2,5H2. The van der Waals surface area contributed by atoms with E-state index in [1.807, 2.05) is 54.3 Å². The molecule has 0 spiro atoms. The number of aromatic nitrogens is 6. The lowest BCUT2D eigenvalue weighted by Gasteiger charge is -2.41. The second-order valence-corrected chi connectivity index (χ2v) is 21.3. The number of pyridine rings is 2. The number of aryl methyl sites for hydroxylation is 4. The normalized spacial score (nSPS) is 13.9. The van der Waals surface area contributed by atoms with Crippen LogP contribution < -0.4 is 17.1 Å². The number of likely N-dealkylation sites (tertiary alicyclic amines) is 1. The molecule has 344 valence electrons. The second kappa shape index (κ2) is 19.4. The molecule has 10 heteroatoms. The number of piperidine rings is 1. The highest BCUT2D eigenvalue weighted by molar-refractivity contribution is 5.78. The predicted octanol–water partition coefficient (Wildman–Crippen LogP) is 11.2. The van der Waals surface area contributed by atoms with Gasteiger partial charge in [0.2, 0.25) is 0 Å². The maximum absolute atomic E-state index is 12.9. The molecule has 1 aliphatic rings. The molecule has 0 aliphatic carbocycles. The fourth-order valence-corrected chi connectivity index (χ4v) is 8.43. The summed E-state index contributed by atoms with van der Waals surface area (Å²) < 4.78 is 6.99. The molecule has 0 bridgehead atoms. The van der Waals surface area contributed by atoms with Gasteiger partial charge in [-0.25, -0.2) is 19.6 Å². The zero-order chi connectivity index (χ0) is 47.5. The number of imidazole rings is 2. The van der Waals surface area contributed by atoms with Gasteiger partial charge in [-0.2, -0.15) is 0 Å². The highest BCUT2D eigenvalue weighted by atomic mass is 16.2. The van der Waals surface area contributed by atoms with Crippen LogP contribution in [0, 0.1) is 24.7 Å². The number of hydrogen-bond acceptors (Lipinski definition) is 6. The predicted molar refractivity (Wildman–Crippen MR) is 270 cm³/mol. The van der Waals surface area contributed by atoms with E-state index in [1.54, 1.807) is 16.2 Å². The zero-order valence-electron chi connectivity index (χ0n) is 41.5. The topological polar surface area (TPSA) is 109 Å². The van der Waals surface area contributed by atoms with Gasteiger partial charge in [0.05, 0.1) is 22.4 Å². The summed E-state index contributed by atoms with van der Waals surface area (Å²) in [5.74, 6) is 0. The van der Waals surface area contributed by atoms with Crippen LogP contribution in [0.15, 0.2) is 95.6 Å². The van der Waals surface area contributed by atoms with E-state index in [4.69, 9.17) is 15.7 Å². The van der Waals surface area contributed by atoms with Crippen molar-refractivity contribution in [3.63, 3.8) is 0 Å². The van der Waals surface area contributed by atoms with Gasteiger partial charge in [0.25, 0.3) is 0 Å². The van der Waals surface area contributed by atoms with Crippen molar-refractivity contribution in [3.8, 4) is 22.5 Å². The molecule has 0 radical (unpaired) electrons. The fraction of sp³-hybridized carbons (Fsp3) is 0.481. The Morgan fingerprint density at radius 2 is 1.02 bits per heavy atom. The van der Waals surface area contributed by atoms with Crippen LogP contribution in [0.3, 0.4) is 0 Å². The van der Waals surface area contributed by atoms with Crippen molar-refractivity contribution in [1.29, 1.82) is 0 Å².